The number of carbonyl (C=O) groups excluding carboxylic acids is 4. The van der Waals surface area contributed by atoms with Gasteiger partial charge in [-0.15, -0.1) is 0 Å². The second-order valence-corrected chi connectivity index (χ2v) is 43.9. The van der Waals surface area contributed by atoms with Gasteiger partial charge >= 0.3 is 23.9 Å². The first-order valence-corrected chi connectivity index (χ1v) is 61.6. The van der Waals surface area contributed by atoms with Gasteiger partial charge in [0.05, 0.1) is 85.7 Å². The van der Waals surface area contributed by atoms with Crippen LogP contribution in [0.4, 0.5) is 0 Å². The van der Waals surface area contributed by atoms with E-state index in [4.69, 9.17) is 42.6 Å². The number of aliphatic hydroxyl groups is 4. The highest BCUT2D eigenvalue weighted by Crippen LogP contribution is 2.37. The lowest BCUT2D eigenvalue weighted by molar-refractivity contribution is -0.167. The Balaban J connectivity index is 2.21. The third-order valence-electron chi connectivity index (χ3n) is 30.6. The summed E-state index contributed by atoms with van der Waals surface area (Å²) in [4.78, 5) is 57.1. The van der Waals surface area contributed by atoms with Crippen molar-refractivity contribution in [3.05, 3.63) is 0 Å². The van der Waals surface area contributed by atoms with Crippen molar-refractivity contribution < 1.29 is 82.2 Å². The molecule has 17 unspecified atom stereocenters. The van der Waals surface area contributed by atoms with Crippen molar-refractivity contribution in [2.75, 3.05) is 33.0 Å². The third kappa shape index (κ3) is 75.0. The molecule has 824 valence electrons. The zero-order valence-electron chi connectivity index (χ0n) is 93.6. The lowest BCUT2D eigenvalue weighted by Crippen LogP contribution is -2.41. The number of carbonyl (C=O) groups is 4. The van der Waals surface area contributed by atoms with E-state index < -0.39 is 48.8 Å². The van der Waals surface area contributed by atoms with E-state index in [1.165, 1.54) is 148 Å². The highest BCUT2D eigenvalue weighted by molar-refractivity contribution is 5.74. The largest absolute Gasteiger partial charge is 0.459 e. The van der Waals surface area contributed by atoms with Crippen molar-refractivity contribution in [3.63, 3.8) is 0 Å². The lowest BCUT2D eigenvalue weighted by atomic mass is 9.93. The van der Waals surface area contributed by atoms with Gasteiger partial charge in [0.2, 0.25) is 0 Å². The van der Waals surface area contributed by atoms with Crippen molar-refractivity contribution >= 4 is 23.9 Å². The summed E-state index contributed by atoms with van der Waals surface area (Å²) in [7, 11) is 0. The molecule has 2 aliphatic heterocycles. The average molecular weight is 1970 g/mol. The smallest absolute Gasteiger partial charge is 0.309 e. The molecule has 2 heterocycles. The Labute approximate surface area is 859 Å². The highest BCUT2D eigenvalue weighted by Gasteiger charge is 2.44. The van der Waals surface area contributed by atoms with Gasteiger partial charge in [-0.05, 0) is 128 Å². The van der Waals surface area contributed by atoms with Crippen LogP contribution < -0.4 is 0 Å². The van der Waals surface area contributed by atoms with E-state index >= 15 is 0 Å². The maximum absolute atomic E-state index is 14.5. The van der Waals surface area contributed by atoms with Crippen molar-refractivity contribution in [1.29, 1.82) is 0 Å². The Hall–Kier alpha value is -2.48. The van der Waals surface area contributed by atoms with E-state index in [9.17, 15) is 39.6 Å². The van der Waals surface area contributed by atoms with Gasteiger partial charge in [0.1, 0.15) is 30.5 Å². The van der Waals surface area contributed by atoms with Crippen molar-refractivity contribution in [3.8, 4) is 0 Å². The molecule has 0 radical (unpaired) electrons. The summed E-state index contributed by atoms with van der Waals surface area (Å²) >= 11 is 0. The summed E-state index contributed by atoms with van der Waals surface area (Å²) in [6, 6.07) is 0. The van der Waals surface area contributed by atoms with Crippen LogP contribution in [0.2, 0.25) is 0 Å². The predicted octanol–water partition coefficient (Wildman–Crippen LogP) is 33.9. The van der Waals surface area contributed by atoms with Gasteiger partial charge in [-0.3, -0.25) is 19.2 Å². The summed E-state index contributed by atoms with van der Waals surface area (Å²) < 4.78 is 57.5. The molecule has 2 fully saturated rings. The molecule has 139 heavy (non-hydrogen) atoms. The Bertz CT molecular complexity index is 2650. The zero-order valence-corrected chi connectivity index (χ0v) is 93.6. The van der Waals surface area contributed by atoms with Crippen molar-refractivity contribution in [2.24, 2.45) is 23.7 Å². The van der Waals surface area contributed by atoms with E-state index in [0.29, 0.717) is 71.6 Å². The number of hydrogen-bond acceptors (Lipinski definition) is 17. The molecule has 0 amide bonds. The summed E-state index contributed by atoms with van der Waals surface area (Å²) in [5.41, 5.74) is 0. The topological polar surface area (TPSA) is 239 Å². The minimum absolute atomic E-state index is 0.0212. The van der Waals surface area contributed by atoms with Crippen LogP contribution in [0, 0.1) is 23.7 Å². The number of epoxide rings is 2. The molecule has 4 N–H and O–H groups in total. The van der Waals surface area contributed by atoms with Crippen LogP contribution in [0.5, 0.6) is 0 Å². The molecule has 0 aromatic heterocycles. The third-order valence-corrected chi connectivity index (χ3v) is 30.6. The van der Waals surface area contributed by atoms with E-state index in [0.717, 1.165) is 353 Å². The van der Waals surface area contributed by atoms with Gasteiger partial charge < -0.3 is 63.1 Å². The molecule has 2 saturated heterocycles. The average Bonchev–Trinajstić information content (AvgIpc) is 1.68. The molecule has 0 saturated carbocycles. The lowest BCUT2D eigenvalue weighted by Gasteiger charge is -2.30. The first-order valence-electron chi connectivity index (χ1n) is 61.6. The molecule has 17 heteroatoms. The highest BCUT2D eigenvalue weighted by atomic mass is 16.6. The van der Waals surface area contributed by atoms with Crippen LogP contribution in [0.1, 0.15) is 622 Å². The number of esters is 4. The normalized spacial score (nSPS) is 17.7. The van der Waals surface area contributed by atoms with Gasteiger partial charge in [0.15, 0.2) is 0 Å². The van der Waals surface area contributed by atoms with Gasteiger partial charge in [-0.1, -0.05) is 474 Å². The zero-order chi connectivity index (χ0) is 101. The van der Waals surface area contributed by atoms with E-state index in [1.807, 2.05) is 0 Å². The van der Waals surface area contributed by atoms with Crippen LogP contribution in [0.25, 0.3) is 0 Å². The van der Waals surface area contributed by atoms with Crippen LogP contribution in [-0.4, -0.2) is 157 Å². The Morgan fingerprint density at radius 2 is 0.432 bits per heavy atom. The Kier molecular flexibility index (Phi) is 91.9. The summed E-state index contributed by atoms with van der Waals surface area (Å²) in [6.07, 6.45) is 81.0. The van der Waals surface area contributed by atoms with Gasteiger partial charge in [0.25, 0.3) is 0 Å². The molecule has 17 atom stereocenters. The van der Waals surface area contributed by atoms with Gasteiger partial charge in [0, 0.05) is 39.1 Å². The second kappa shape index (κ2) is 96.4. The fraction of sp³-hybridized carbons (Fsp3) is 0.967. The predicted molar refractivity (Wildman–Crippen MR) is 581 cm³/mol. The molecule has 17 nitrogen and oxygen atoms in total. The first-order chi connectivity index (χ1) is 68.0. The molecule has 0 bridgehead atoms. The molecule has 0 aromatic rings. The maximum atomic E-state index is 14.5. The molecular weight excluding hydrogens is 1740 g/mol. The molecule has 2 rings (SSSR count). The van der Waals surface area contributed by atoms with Gasteiger partial charge in [-0.2, -0.15) is 0 Å². The van der Waals surface area contributed by atoms with Crippen molar-refractivity contribution in [2.45, 2.75) is 701 Å². The number of unbranched alkanes of at least 4 members (excludes halogenated alkanes) is 54. The fourth-order valence-electron chi connectivity index (χ4n) is 20.8. The molecular formula is C122H234O17. The SMILES string of the molecule is CCCCCCCCC(CCCCCC)C(=O)OC(CCCCC)C(O)CC(O)C(CCCCCCCCCOCC(COCCCCCCCCC(O)C(CC1OC1CCCCC)OC(=O)C(CCCCCC)CCCCCCCC)OCCCCCCCCC(OC(=O)C(CCCCCC)CCCCCCCC)C(O)CC1OC1CCCCC)OC(=O)C(CCCCCC)CCCCCCCC. The number of hydrogen-bond donors (Lipinski definition) is 4. The Morgan fingerprint density at radius 3 is 0.734 bits per heavy atom. The van der Waals surface area contributed by atoms with E-state index in [2.05, 4.69) is 76.2 Å². The van der Waals surface area contributed by atoms with Crippen LogP contribution in [0.3, 0.4) is 0 Å². The second-order valence-electron chi connectivity index (χ2n) is 43.9. The number of ether oxygens (including phenoxy) is 9. The van der Waals surface area contributed by atoms with E-state index in [1.54, 1.807) is 0 Å². The van der Waals surface area contributed by atoms with E-state index in [-0.39, 0.29) is 84.5 Å². The number of rotatable bonds is 111. The van der Waals surface area contributed by atoms with Crippen molar-refractivity contribution in [1.82, 2.24) is 0 Å². The maximum Gasteiger partial charge on any atom is 0.309 e. The minimum Gasteiger partial charge on any atom is -0.459 e. The molecule has 2 aliphatic rings. The Morgan fingerprint density at radius 1 is 0.216 bits per heavy atom. The summed E-state index contributed by atoms with van der Waals surface area (Å²) in [5, 5.41) is 48.1. The standard InChI is InChI=1S/C122H234O17/c1-12-23-34-42-53-70-84-102(80-66-38-27-16-5)119(127)136-111(89-63-31-20-9)108(124)97-109(125)112(137-120(128)103(81-67-39-28-17-6)85-71-54-43-35-24-13-2)90-75-58-47-46-50-60-77-94-131-100-106(133-96-79-62-52-49-59-76-91-113(110(126)98-117-114(134-117)92-64-32-21-10)138-121(129)104(82-68-40-29-18-7)86-72-55-44-36-25-14-3)101-132-95-78-61-51-48-57-74-88-107(123)116(99-118-115(135-118)93-65-33-22-11)139-122(130)105(83-69-41-30-19-8)87-73-56-45-37-26-15-4/h102-118,123-126H,12-101H2,1-11H3. The molecule has 0 aromatic carbocycles. The number of aliphatic hydroxyl groups excluding tert-OH is 4. The van der Waals surface area contributed by atoms with Crippen LogP contribution in [0.15, 0.2) is 0 Å². The van der Waals surface area contributed by atoms with Gasteiger partial charge in [-0.25, -0.2) is 0 Å². The summed E-state index contributed by atoms with van der Waals surface area (Å²) in [6.45, 7) is 27.4. The monoisotopic (exact) mass is 1970 g/mol. The van der Waals surface area contributed by atoms with Crippen LogP contribution in [-0.2, 0) is 61.8 Å². The summed E-state index contributed by atoms with van der Waals surface area (Å²) in [5.74, 6) is -1.27. The fourth-order valence-corrected chi connectivity index (χ4v) is 20.8. The van der Waals surface area contributed by atoms with Crippen LogP contribution >= 0.6 is 0 Å². The quantitative estimate of drug-likeness (QED) is 0.0192. The molecule has 0 aliphatic carbocycles. The minimum atomic E-state index is -1.10. The first kappa shape index (κ1) is 133. The molecule has 0 spiro atoms.